The third-order valence-electron chi connectivity index (χ3n) is 12.2. The molecule has 4 fully saturated rings. The summed E-state index contributed by atoms with van der Waals surface area (Å²) in [5.41, 5.74) is 0. The zero-order valence-electron chi connectivity index (χ0n) is 38.4. The number of carbonyl (C=O) groups is 5. The summed E-state index contributed by atoms with van der Waals surface area (Å²) in [6.45, 7) is -1.12. The molecule has 3 aliphatic heterocycles. The molecule has 0 aromatic rings. The highest BCUT2D eigenvalue weighted by Gasteiger charge is 2.51. The van der Waals surface area contributed by atoms with Crippen LogP contribution in [0.25, 0.3) is 0 Å². The van der Waals surface area contributed by atoms with E-state index in [9.17, 15) is 69.2 Å². The number of carbonyl (C=O) groups excluding carboxylic acids is 5. The maximum Gasteiger partial charge on any atom is 0.471 e. The van der Waals surface area contributed by atoms with Crippen molar-refractivity contribution in [3.63, 3.8) is 0 Å². The standard InChI is InChI=1S/C41H69N2O23PS/c1-58-38(54)22-17-24(25(18-23(22)39(55)59-2)64-41-36(52)33(49)31(47)26(20-44)65-41)62-21-27-32(48)34(50)35(51)40(66-27)61-15-12-42-29(45)11-7-6-8-13-43-30(46)19-28(37(43)53)68-16-10-5-4-9-14-63-67(56,57)60-3/h22-28,31-36,40-41,44,47-52H,4-21H2,1-3H3,(H,42,45)(H,56,57)/t22?,23-,24-,25?,26?,27?,28?,31+,32+,33-,34-,35?,36?,40-,41-/m0/s1. The number of hydrogen-bond acceptors (Lipinski definition) is 23. The highest BCUT2D eigenvalue weighted by Crippen LogP contribution is 2.42. The van der Waals surface area contributed by atoms with Crippen molar-refractivity contribution in [1.29, 1.82) is 0 Å². The van der Waals surface area contributed by atoms with E-state index in [4.69, 9.17) is 37.7 Å². The van der Waals surface area contributed by atoms with Gasteiger partial charge in [-0.1, -0.05) is 19.3 Å². The Kier molecular flexibility index (Phi) is 24.4. The molecule has 4 rings (SSSR count). The number of imide groups is 1. The van der Waals surface area contributed by atoms with Crippen LogP contribution in [0.1, 0.15) is 70.6 Å². The van der Waals surface area contributed by atoms with Gasteiger partial charge < -0.3 is 79.1 Å². The van der Waals surface area contributed by atoms with Crippen molar-refractivity contribution < 1.29 is 111 Å². The number of ether oxygens (including phenoxy) is 7. The summed E-state index contributed by atoms with van der Waals surface area (Å²) in [5.74, 6) is -3.89. The molecule has 16 atom stereocenters. The second kappa shape index (κ2) is 28.5. The molecule has 27 heteroatoms. The van der Waals surface area contributed by atoms with Crippen LogP contribution in [0.2, 0.25) is 0 Å². The van der Waals surface area contributed by atoms with E-state index in [1.165, 1.54) is 16.7 Å². The number of nitrogens with one attached hydrogen (secondary N) is 1. The van der Waals surface area contributed by atoms with Crippen LogP contribution < -0.4 is 5.32 Å². The highest BCUT2D eigenvalue weighted by molar-refractivity contribution is 8.00. The second-order valence-corrected chi connectivity index (χ2v) is 19.7. The summed E-state index contributed by atoms with van der Waals surface area (Å²) in [6.07, 6.45) is -14.4. The molecule has 25 nitrogen and oxygen atoms in total. The van der Waals surface area contributed by atoms with Crippen molar-refractivity contribution >= 4 is 49.2 Å². The first-order valence-electron chi connectivity index (χ1n) is 22.7. The molecule has 1 saturated carbocycles. The van der Waals surface area contributed by atoms with E-state index in [2.05, 4.69) is 9.84 Å². The zero-order chi connectivity index (χ0) is 50.1. The Morgan fingerprint density at radius 1 is 0.750 bits per heavy atom. The molecule has 8 unspecified atom stereocenters. The number of rotatable bonds is 28. The van der Waals surface area contributed by atoms with Crippen molar-refractivity contribution in [2.45, 2.75) is 149 Å². The number of methoxy groups -OCH3 is 2. The summed E-state index contributed by atoms with van der Waals surface area (Å²) >= 11 is 1.44. The number of esters is 2. The van der Waals surface area contributed by atoms with E-state index >= 15 is 0 Å². The smallest absolute Gasteiger partial charge is 0.469 e. The molecule has 68 heavy (non-hydrogen) atoms. The number of phosphoric acid groups is 1. The van der Waals surface area contributed by atoms with Gasteiger partial charge in [-0.25, -0.2) is 4.57 Å². The van der Waals surface area contributed by atoms with Crippen LogP contribution in [-0.2, 0) is 70.7 Å². The van der Waals surface area contributed by atoms with Gasteiger partial charge in [0.2, 0.25) is 17.7 Å². The maximum absolute atomic E-state index is 12.9. The van der Waals surface area contributed by atoms with Gasteiger partial charge in [0.25, 0.3) is 0 Å². The number of thioether (sulfide) groups is 1. The summed E-state index contributed by atoms with van der Waals surface area (Å²) in [6, 6.07) is 0. The average molecular weight is 1020 g/mol. The molecule has 3 heterocycles. The maximum atomic E-state index is 12.9. The van der Waals surface area contributed by atoms with E-state index in [0.29, 0.717) is 31.4 Å². The summed E-state index contributed by atoms with van der Waals surface area (Å²) in [5, 5.41) is 75.3. The Balaban J connectivity index is 1.18. The topological polar surface area (TPSA) is 363 Å². The molecule has 1 aliphatic carbocycles. The predicted molar refractivity (Wildman–Crippen MR) is 232 cm³/mol. The fraction of sp³-hybridized carbons (Fsp3) is 0.878. The first-order valence-corrected chi connectivity index (χ1v) is 25.2. The first-order chi connectivity index (χ1) is 32.4. The van der Waals surface area contributed by atoms with Gasteiger partial charge in [0.15, 0.2) is 12.6 Å². The molecular weight excluding hydrogens is 951 g/mol. The number of unbranched alkanes of at least 4 members (excludes halogenated alkanes) is 5. The lowest BCUT2D eigenvalue weighted by atomic mass is 9.76. The third-order valence-corrected chi connectivity index (χ3v) is 14.5. The van der Waals surface area contributed by atoms with Crippen LogP contribution in [0.4, 0.5) is 0 Å². The zero-order valence-corrected chi connectivity index (χ0v) is 40.1. The van der Waals surface area contributed by atoms with Crippen molar-refractivity contribution in [3.05, 3.63) is 0 Å². The number of nitrogens with zero attached hydrogens (tertiary/aromatic N) is 1. The minimum absolute atomic E-state index is 0.0217. The number of aliphatic hydroxyl groups is 7. The Morgan fingerprint density at radius 2 is 1.35 bits per heavy atom. The molecule has 4 aliphatic rings. The van der Waals surface area contributed by atoms with Gasteiger partial charge in [-0.3, -0.25) is 37.9 Å². The summed E-state index contributed by atoms with van der Waals surface area (Å²) < 4.78 is 59.2. The lowest BCUT2D eigenvalue weighted by Gasteiger charge is -2.45. The molecule has 3 saturated heterocycles. The van der Waals surface area contributed by atoms with Crippen LogP contribution >= 0.6 is 19.6 Å². The van der Waals surface area contributed by atoms with E-state index in [0.717, 1.165) is 40.6 Å². The van der Waals surface area contributed by atoms with Gasteiger partial charge in [0.1, 0.15) is 48.8 Å². The average Bonchev–Trinajstić information content (AvgIpc) is 3.60. The highest BCUT2D eigenvalue weighted by atomic mass is 32.2. The van der Waals surface area contributed by atoms with E-state index < -0.39 is 124 Å². The van der Waals surface area contributed by atoms with Crippen molar-refractivity contribution in [1.82, 2.24) is 10.2 Å². The van der Waals surface area contributed by atoms with Gasteiger partial charge in [-0.2, -0.15) is 0 Å². The van der Waals surface area contributed by atoms with Crippen molar-refractivity contribution in [3.8, 4) is 0 Å². The molecule has 9 N–H and O–H groups in total. The van der Waals surface area contributed by atoms with Crippen molar-refractivity contribution in [2.75, 3.05) is 66.6 Å². The molecule has 0 radical (unpaired) electrons. The Morgan fingerprint density at radius 3 is 2.00 bits per heavy atom. The Bertz CT molecular complexity index is 1670. The van der Waals surface area contributed by atoms with Gasteiger partial charge in [-0.15, -0.1) is 11.8 Å². The van der Waals surface area contributed by atoms with Gasteiger partial charge in [0, 0.05) is 33.0 Å². The number of aliphatic hydroxyl groups excluding tert-OH is 7. The minimum Gasteiger partial charge on any atom is -0.469 e. The summed E-state index contributed by atoms with van der Waals surface area (Å²) in [7, 11) is -0.646. The van der Waals surface area contributed by atoms with E-state index in [1.807, 2.05) is 0 Å². The van der Waals surface area contributed by atoms with Gasteiger partial charge in [0.05, 0.1) is 69.9 Å². The molecule has 3 amide bonds. The normalized spacial score (nSPS) is 34.1. The number of likely N-dealkylation sites (tertiary alicyclic amines) is 1. The lowest BCUT2D eigenvalue weighted by molar-refractivity contribution is -0.326. The van der Waals surface area contributed by atoms with Crippen LogP contribution in [0.5, 0.6) is 0 Å². The van der Waals surface area contributed by atoms with Crippen LogP contribution in [-0.4, -0.2) is 221 Å². The molecule has 0 aromatic heterocycles. The fourth-order valence-corrected chi connectivity index (χ4v) is 9.91. The molecule has 392 valence electrons. The monoisotopic (exact) mass is 1020 g/mol. The van der Waals surface area contributed by atoms with Gasteiger partial charge in [-0.05, 0) is 44.3 Å². The van der Waals surface area contributed by atoms with Crippen molar-refractivity contribution in [2.24, 2.45) is 11.8 Å². The van der Waals surface area contributed by atoms with Crippen LogP contribution in [0, 0.1) is 11.8 Å². The molecule has 0 spiro atoms. The third kappa shape index (κ3) is 16.5. The summed E-state index contributed by atoms with van der Waals surface area (Å²) in [4.78, 5) is 74.1. The molecule has 0 aromatic carbocycles. The fourth-order valence-electron chi connectivity index (χ4n) is 8.26. The number of amides is 3. The first kappa shape index (κ1) is 58.1. The second-order valence-electron chi connectivity index (χ2n) is 16.9. The number of phosphoric ester groups is 1. The lowest BCUT2D eigenvalue weighted by Crippen LogP contribution is -2.61. The van der Waals surface area contributed by atoms with E-state index in [-0.39, 0.29) is 69.7 Å². The number of hydrogen-bond donors (Lipinski definition) is 9. The molecule has 0 bridgehead atoms. The predicted octanol–water partition coefficient (Wildman–Crippen LogP) is -2.39. The largest absolute Gasteiger partial charge is 0.471 e. The Labute approximate surface area is 397 Å². The van der Waals surface area contributed by atoms with Crippen LogP contribution in [0.3, 0.4) is 0 Å². The minimum atomic E-state index is -3.98. The van der Waals surface area contributed by atoms with E-state index in [1.54, 1.807) is 0 Å². The quantitative estimate of drug-likeness (QED) is 0.0171. The molecular formula is C41H69N2O23PS. The SMILES string of the molecule is COC(=O)C1C[C@H](OCC2O[C@H](OCCNC(=O)CCCCCN3C(=O)CC(SCCCCCCOP(=O)(O)OC)C3=O)C(O)[C@@H](O)[C@@H]2O)C(O[C@H]2OC(CO)[C@@H](O)[C@H](O)C2O)C[C@@H]1C(=O)OC. The van der Waals surface area contributed by atoms with Crippen LogP contribution in [0.15, 0.2) is 0 Å². The Hall–Kier alpha value is -2.47. The van der Waals surface area contributed by atoms with Gasteiger partial charge >= 0.3 is 19.8 Å².